The van der Waals surface area contributed by atoms with Gasteiger partial charge in [0.1, 0.15) is 24.0 Å². The van der Waals surface area contributed by atoms with Crippen molar-refractivity contribution in [1.82, 2.24) is 5.01 Å². The Morgan fingerprint density at radius 1 is 0.935 bits per heavy atom. The van der Waals surface area contributed by atoms with E-state index in [1.807, 2.05) is 5.43 Å². The summed E-state index contributed by atoms with van der Waals surface area (Å²) in [5.74, 6) is -15.9. The van der Waals surface area contributed by atoms with Gasteiger partial charge in [0.15, 0.2) is 39.7 Å². The topological polar surface area (TPSA) is 335 Å². The zero-order valence-corrected chi connectivity index (χ0v) is 24.7. The van der Waals surface area contributed by atoms with Gasteiger partial charge in [-0.05, 0) is 33.8 Å². The number of nitrogens with zero attached hydrogens (tertiary/aromatic N) is 3. The highest BCUT2D eigenvalue weighted by atomic mass is 16.7. The lowest BCUT2D eigenvalue weighted by Crippen LogP contribution is -2.93. The number of carbonyl (C=O) groups is 6. The molecule has 7 N–H and O–H groups in total. The molecule has 0 bridgehead atoms. The van der Waals surface area contributed by atoms with Crippen molar-refractivity contribution in [3.63, 3.8) is 0 Å². The Hall–Kier alpha value is -4.80. The molecular weight excluding hydrogens is 628 g/mol. The van der Waals surface area contributed by atoms with Gasteiger partial charge in [0.2, 0.25) is 5.91 Å². The summed E-state index contributed by atoms with van der Waals surface area (Å²) in [6, 6.07) is 1.68. The maximum absolute atomic E-state index is 13.9. The second kappa shape index (κ2) is 12.5. The van der Waals surface area contributed by atoms with Gasteiger partial charge in [-0.2, -0.15) is 0 Å². The van der Waals surface area contributed by atoms with Crippen molar-refractivity contribution >= 4 is 52.1 Å². The minimum absolute atomic E-state index is 0.148. The second-order valence-corrected chi connectivity index (χ2v) is 10.4. The minimum atomic E-state index is -4.37. The van der Waals surface area contributed by atoms with Gasteiger partial charge in [0.25, 0.3) is 11.5 Å². The summed E-state index contributed by atoms with van der Waals surface area (Å²) < 4.78 is 5.18. The van der Waals surface area contributed by atoms with E-state index in [0.717, 1.165) is 0 Å². The average molecular weight is 659 g/mol. The molecule has 1 aliphatic rings. The molecule has 0 aromatic heterocycles. The molecule has 1 aromatic rings. The van der Waals surface area contributed by atoms with Gasteiger partial charge in [0.05, 0.1) is 22.5 Å². The number of Topliss-reactive ketones (excluding diaryl/α,β-unsaturated/α-hetero) is 4. The quantitative estimate of drug-likeness (QED) is 0.0647. The monoisotopic (exact) mass is 658 g/mol. The first-order chi connectivity index (χ1) is 21.0. The molecule has 2 rings (SSSR count). The summed E-state index contributed by atoms with van der Waals surface area (Å²) >= 11 is 0. The lowest BCUT2D eigenvalue weighted by Gasteiger charge is -2.65. The number of aliphatic hydroxyl groups excluding tert-OH is 3. The van der Waals surface area contributed by atoms with Crippen LogP contribution in [0.5, 0.6) is 0 Å². The van der Waals surface area contributed by atoms with Crippen LogP contribution in [0.2, 0.25) is 0 Å². The van der Waals surface area contributed by atoms with Gasteiger partial charge >= 0.3 is 11.7 Å². The van der Waals surface area contributed by atoms with Crippen LogP contribution in [0.3, 0.4) is 0 Å². The van der Waals surface area contributed by atoms with Gasteiger partial charge in [-0.25, -0.2) is 9.80 Å². The molecule has 1 unspecified atom stereocenters. The summed E-state index contributed by atoms with van der Waals surface area (Å²) in [6.45, 7) is 0.825. The molecular formula is C25H30N4O17. The number of amides is 1. The molecule has 6 atom stereocenters. The molecule has 1 heterocycles. The Labute approximate surface area is 257 Å². The fourth-order valence-electron chi connectivity index (χ4n) is 6.02. The molecule has 1 amide bonds. The smallest absolute Gasteiger partial charge is 0.366 e. The van der Waals surface area contributed by atoms with Crippen LogP contribution in [0.25, 0.3) is 0 Å². The maximum Gasteiger partial charge on any atom is 0.366 e. The van der Waals surface area contributed by atoms with Gasteiger partial charge in [0, 0.05) is 13.0 Å². The van der Waals surface area contributed by atoms with Crippen LogP contribution in [0.15, 0.2) is 18.2 Å². The van der Waals surface area contributed by atoms with Crippen molar-refractivity contribution in [2.45, 2.75) is 69.9 Å². The zero-order valence-electron chi connectivity index (χ0n) is 24.7. The van der Waals surface area contributed by atoms with Gasteiger partial charge < -0.3 is 35.4 Å². The molecule has 1 fully saturated rings. The number of ketones is 4. The number of benzene rings is 1. The van der Waals surface area contributed by atoms with E-state index >= 15 is 0 Å². The highest BCUT2D eigenvalue weighted by molar-refractivity contribution is 6.19. The molecule has 1 aliphatic heterocycles. The number of nitro benzene ring substituents is 2. The first-order valence-electron chi connectivity index (χ1n) is 12.9. The Kier molecular flexibility index (Phi) is 10.2. The number of hydrazine groups is 1. The highest BCUT2D eigenvalue weighted by Crippen LogP contribution is 2.59. The first kappa shape index (κ1) is 37.4. The third-order valence-corrected chi connectivity index (χ3v) is 7.88. The van der Waals surface area contributed by atoms with Crippen molar-refractivity contribution in [3.8, 4) is 0 Å². The van der Waals surface area contributed by atoms with E-state index in [9.17, 15) is 79.6 Å². The second-order valence-electron chi connectivity index (χ2n) is 10.4. The summed E-state index contributed by atoms with van der Waals surface area (Å²) in [5.41, 5.74) is -13.2. The van der Waals surface area contributed by atoms with Gasteiger partial charge in [-0.15, -0.1) is 0 Å². The normalized spacial score (nSPS) is 26.6. The van der Waals surface area contributed by atoms with Crippen molar-refractivity contribution in [2.75, 3.05) is 12.0 Å². The van der Waals surface area contributed by atoms with E-state index in [1.54, 1.807) is 0 Å². The number of anilines is 1. The number of ether oxygens (including phenoxy) is 1. The number of carbonyl (C=O) groups excluding carboxylic acids is 5. The number of rotatable bonds is 13. The van der Waals surface area contributed by atoms with Crippen LogP contribution >= 0.6 is 0 Å². The van der Waals surface area contributed by atoms with Crippen LogP contribution < -0.4 is 5.43 Å². The summed E-state index contributed by atoms with van der Waals surface area (Å²) in [5, 5.41) is 88.1. The fraction of sp³-hybridized carbons (Fsp3) is 0.520. The van der Waals surface area contributed by atoms with Crippen molar-refractivity contribution in [3.05, 3.63) is 38.4 Å². The number of non-ortho nitro benzene ring substituents is 1. The van der Waals surface area contributed by atoms with E-state index in [1.165, 1.54) is 0 Å². The van der Waals surface area contributed by atoms with Crippen LogP contribution in [0.4, 0.5) is 17.1 Å². The predicted molar refractivity (Wildman–Crippen MR) is 145 cm³/mol. The number of hydrogen-bond donors (Lipinski definition) is 7. The molecule has 0 spiro atoms. The number of aliphatic hydroxyl groups is 5. The van der Waals surface area contributed by atoms with E-state index in [0.29, 0.717) is 52.8 Å². The maximum atomic E-state index is 13.9. The number of carboxylic acids is 1. The van der Waals surface area contributed by atoms with E-state index < -0.39 is 109 Å². The van der Waals surface area contributed by atoms with E-state index in [2.05, 4.69) is 0 Å². The fourth-order valence-corrected chi connectivity index (χ4v) is 6.02. The summed E-state index contributed by atoms with van der Waals surface area (Å²) in [7, 11) is 0. The number of aliphatic carboxylic acids is 1. The Morgan fingerprint density at radius 3 is 1.80 bits per heavy atom. The molecule has 21 heteroatoms. The molecule has 252 valence electrons. The van der Waals surface area contributed by atoms with Gasteiger partial charge in [-0.1, -0.05) is 0 Å². The molecule has 46 heavy (non-hydrogen) atoms. The van der Waals surface area contributed by atoms with Crippen LogP contribution in [0.1, 0.15) is 34.6 Å². The van der Waals surface area contributed by atoms with Crippen molar-refractivity contribution in [2.24, 2.45) is 5.41 Å². The SMILES string of the molecule is CC(=O)N(Nc1ccc([N+](=O)[O-])cc1[N+](=O)[O-])[C@@]1(C(C)=O)[C@H]([C@H](O)[C@H](O)CO)OC(O)(C(=O)O)C(C(C)=O)(C(C)=O)[C@@]1(O)C(C)=O. The summed E-state index contributed by atoms with van der Waals surface area (Å²) in [6.07, 6.45) is -8.46. The standard InChI is InChI=1S/C25H30N4O17/c1-10(31)22(11(2)32)24(40,13(4)34)23(12(3)33,20(19(37)18(36)9-30)46-25(22,41)21(38)39)27(14(5)35)26-16-7-6-15(28(42)43)8-17(16)29(44)45/h6-8,18-20,26,30,36-37,40-41H,9H2,1-5H3,(H,38,39)/t18-,19-,20+,23+,24+,25?/m1/s1. The lowest BCUT2D eigenvalue weighted by atomic mass is 9.48. The number of carboxylic acid groups (broad SMARTS) is 1. The van der Waals surface area contributed by atoms with Crippen LogP contribution in [-0.4, -0.2) is 122 Å². The molecule has 21 nitrogen and oxygen atoms in total. The van der Waals surface area contributed by atoms with Crippen LogP contribution in [0, 0.1) is 25.6 Å². The van der Waals surface area contributed by atoms with Crippen LogP contribution in [-0.2, 0) is 33.5 Å². The third kappa shape index (κ3) is 4.89. The molecule has 1 aromatic carbocycles. The highest BCUT2D eigenvalue weighted by Gasteiger charge is 2.89. The molecule has 0 radical (unpaired) electrons. The minimum Gasteiger partial charge on any atom is -0.477 e. The average Bonchev–Trinajstić information content (AvgIpc) is 2.94. The molecule has 0 saturated carbocycles. The summed E-state index contributed by atoms with van der Waals surface area (Å²) in [4.78, 5) is 101. The third-order valence-electron chi connectivity index (χ3n) is 7.88. The molecule has 1 saturated heterocycles. The predicted octanol–water partition coefficient (Wildman–Crippen LogP) is -2.62. The number of nitro groups is 2. The zero-order chi connectivity index (χ0) is 35.9. The largest absolute Gasteiger partial charge is 0.477 e. The van der Waals surface area contributed by atoms with Gasteiger partial charge in [-0.3, -0.25) is 49.6 Å². The number of nitrogens with one attached hydrogen (secondary N) is 1. The van der Waals surface area contributed by atoms with Crippen molar-refractivity contribution in [1.29, 1.82) is 0 Å². The lowest BCUT2D eigenvalue weighted by molar-refractivity contribution is -0.393. The van der Waals surface area contributed by atoms with E-state index in [4.69, 9.17) is 4.74 Å². The van der Waals surface area contributed by atoms with E-state index in [-0.39, 0.29) is 5.01 Å². The molecule has 0 aliphatic carbocycles. The Morgan fingerprint density at radius 2 is 1.46 bits per heavy atom. The Balaban J connectivity index is 3.38. The number of hydrogen-bond acceptors (Lipinski definition) is 17. The first-order valence-corrected chi connectivity index (χ1v) is 12.9. The Bertz CT molecular complexity index is 1520. The van der Waals surface area contributed by atoms with Crippen molar-refractivity contribution < 1.29 is 74.0 Å².